The van der Waals surface area contributed by atoms with Gasteiger partial charge in [0, 0.05) is 0 Å². The highest BCUT2D eigenvalue weighted by Gasteiger charge is 1.95. The first kappa shape index (κ1) is 8.54. The maximum absolute atomic E-state index is 5.44. The molecule has 50 valence electrons. The van der Waals surface area contributed by atoms with Crippen molar-refractivity contribution >= 4 is 23.2 Å². The van der Waals surface area contributed by atoms with E-state index in [-0.39, 0.29) is 4.84 Å². The minimum atomic E-state index is -0.207. The summed E-state index contributed by atoms with van der Waals surface area (Å²) in [6, 6.07) is 0. The van der Waals surface area contributed by atoms with Gasteiger partial charge in [0.25, 0.3) is 0 Å². The summed E-state index contributed by atoms with van der Waals surface area (Å²) in [7, 11) is 0. The van der Waals surface area contributed by atoms with E-state index in [1.165, 1.54) is 0 Å². The first-order valence-corrected chi connectivity index (χ1v) is 3.63. The molecule has 0 bridgehead atoms. The third-order valence-electron chi connectivity index (χ3n) is 0.876. The predicted molar refractivity (Wildman–Crippen MR) is 38.4 cm³/mol. The van der Waals surface area contributed by atoms with Gasteiger partial charge in [0.1, 0.15) is 4.84 Å². The number of alkyl halides is 2. The van der Waals surface area contributed by atoms with E-state index in [1.54, 1.807) is 0 Å². The molecule has 0 aromatic heterocycles. The molecule has 0 aromatic carbocycles. The zero-order chi connectivity index (χ0) is 6.41. The Morgan fingerprint density at radius 3 is 2.25 bits per heavy atom. The number of hydrogen-bond donors (Lipinski definition) is 1. The van der Waals surface area contributed by atoms with Gasteiger partial charge in [-0.3, -0.25) is 0 Å². The lowest BCUT2D eigenvalue weighted by atomic mass is 10.2. The summed E-state index contributed by atoms with van der Waals surface area (Å²) in [5, 5.41) is 0. The molecular formula is C5H11Cl2N. The van der Waals surface area contributed by atoms with Gasteiger partial charge >= 0.3 is 0 Å². The quantitative estimate of drug-likeness (QED) is 0.488. The second kappa shape index (κ2) is 5.67. The first-order valence-electron chi connectivity index (χ1n) is 2.75. The third kappa shape index (κ3) is 6.54. The van der Waals surface area contributed by atoms with E-state index >= 15 is 0 Å². The number of hydrogen-bond acceptors (Lipinski definition) is 1. The van der Waals surface area contributed by atoms with Gasteiger partial charge in [-0.05, 0) is 25.8 Å². The SMILES string of the molecule is NCCCCC(Cl)Cl. The fraction of sp³-hybridized carbons (Fsp3) is 1.00. The normalized spacial score (nSPS) is 10.5. The fourth-order valence-electron chi connectivity index (χ4n) is 0.443. The number of unbranched alkanes of at least 4 members (excludes halogenated alkanes) is 1. The summed E-state index contributed by atoms with van der Waals surface area (Å²) < 4.78 is 0. The Hall–Kier alpha value is 0.540. The summed E-state index contributed by atoms with van der Waals surface area (Å²) in [5.74, 6) is 0. The topological polar surface area (TPSA) is 26.0 Å². The molecule has 0 rings (SSSR count). The summed E-state index contributed by atoms with van der Waals surface area (Å²) in [6.07, 6.45) is 2.92. The lowest BCUT2D eigenvalue weighted by molar-refractivity contribution is 0.716. The van der Waals surface area contributed by atoms with Crippen LogP contribution in [0.5, 0.6) is 0 Å². The molecular weight excluding hydrogens is 145 g/mol. The molecule has 0 aliphatic carbocycles. The molecule has 0 aliphatic heterocycles. The average Bonchev–Trinajstić information content (AvgIpc) is 1.66. The standard InChI is InChI=1S/C5H11Cl2N/c6-5(7)3-1-2-4-8/h5H,1-4,8H2. The van der Waals surface area contributed by atoms with Gasteiger partial charge in [-0.25, -0.2) is 0 Å². The number of nitrogens with two attached hydrogens (primary N) is 1. The molecule has 0 heterocycles. The van der Waals surface area contributed by atoms with Crippen molar-refractivity contribution in [2.24, 2.45) is 5.73 Å². The van der Waals surface area contributed by atoms with Crippen molar-refractivity contribution in [3.05, 3.63) is 0 Å². The van der Waals surface area contributed by atoms with Crippen LogP contribution in [0, 0.1) is 0 Å². The molecule has 0 atom stereocenters. The molecule has 0 amide bonds. The van der Waals surface area contributed by atoms with Crippen molar-refractivity contribution in [2.75, 3.05) is 6.54 Å². The first-order chi connectivity index (χ1) is 3.77. The second-order valence-corrected chi connectivity index (χ2v) is 2.95. The monoisotopic (exact) mass is 155 g/mol. The lowest BCUT2D eigenvalue weighted by Gasteiger charge is -1.96. The van der Waals surface area contributed by atoms with Crippen molar-refractivity contribution < 1.29 is 0 Å². The van der Waals surface area contributed by atoms with Gasteiger partial charge in [0.05, 0.1) is 0 Å². The van der Waals surface area contributed by atoms with E-state index in [0.29, 0.717) is 0 Å². The molecule has 0 unspecified atom stereocenters. The van der Waals surface area contributed by atoms with Crippen molar-refractivity contribution in [3.63, 3.8) is 0 Å². The summed E-state index contributed by atoms with van der Waals surface area (Å²) in [4.78, 5) is -0.207. The Labute approximate surface area is 60.1 Å². The van der Waals surface area contributed by atoms with Gasteiger partial charge < -0.3 is 5.73 Å². The lowest BCUT2D eigenvalue weighted by Crippen LogP contribution is -1.98. The van der Waals surface area contributed by atoms with Crippen LogP contribution in [0.25, 0.3) is 0 Å². The minimum absolute atomic E-state index is 0.207. The maximum Gasteiger partial charge on any atom is 0.107 e. The highest BCUT2D eigenvalue weighted by Crippen LogP contribution is 2.10. The Kier molecular flexibility index (Phi) is 6.06. The van der Waals surface area contributed by atoms with Crippen LogP contribution in [-0.2, 0) is 0 Å². The Balaban J connectivity index is 2.72. The Morgan fingerprint density at radius 1 is 1.25 bits per heavy atom. The molecule has 8 heavy (non-hydrogen) atoms. The maximum atomic E-state index is 5.44. The molecule has 0 aromatic rings. The fourth-order valence-corrected chi connectivity index (χ4v) is 0.752. The van der Waals surface area contributed by atoms with Gasteiger partial charge in [-0.15, -0.1) is 23.2 Å². The van der Waals surface area contributed by atoms with Crippen molar-refractivity contribution in [1.82, 2.24) is 0 Å². The number of halogens is 2. The molecule has 2 N–H and O–H groups in total. The molecule has 0 spiro atoms. The summed E-state index contributed by atoms with van der Waals surface area (Å²) >= 11 is 10.9. The molecule has 0 aliphatic rings. The van der Waals surface area contributed by atoms with E-state index in [9.17, 15) is 0 Å². The van der Waals surface area contributed by atoms with Gasteiger partial charge in [0.15, 0.2) is 0 Å². The highest BCUT2D eigenvalue weighted by atomic mass is 35.5. The number of rotatable bonds is 4. The van der Waals surface area contributed by atoms with Crippen LogP contribution in [0.2, 0.25) is 0 Å². The Bertz CT molecular complexity index is 47.7. The van der Waals surface area contributed by atoms with Gasteiger partial charge in [-0.2, -0.15) is 0 Å². The van der Waals surface area contributed by atoms with Crippen LogP contribution in [-0.4, -0.2) is 11.4 Å². The van der Waals surface area contributed by atoms with E-state index in [0.717, 1.165) is 25.8 Å². The second-order valence-electron chi connectivity index (χ2n) is 1.68. The molecule has 3 heteroatoms. The smallest absolute Gasteiger partial charge is 0.107 e. The molecule has 0 fully saturated rings. The predicted octanol–water partition coefficient (Wildman–Crippen LogP) is 1.92. The van der Waals surface area contributed by atoms with Crippen molar-refractivity contribution in [2.45, 2.75) is 24.1 Å². The summed E-state index contributed by atoms with van der Waals surface area (Å²) in [5.41, 5.74) is 5.23. The zero-order valence-corrected chi connectivity index (χ0v) is 6.25. The molecule has 0 radical (unpaired) electrons. The highest BCUT2D eigenvalue weighted by molar-refractivity contribution is 6.44. The zero-order valence-electron chi connectivity index (χ0n) is 4.74. The largest absolute Gasteiger partial charge is 0.330 e. The van der Waals surface area contributed by atoms with Crippen LogP contribution < -0.4 is 5.73 Å². The minimum Gasteiger partial charge on any atom is -0.330 e. The van der Waals surface area contributed by atoms with E-state index in [2.05, 4.69) is 0 Å². The van der Waals surface area contributed by atoms with E-state index < -0.39 is 0 Å². The Morgan fingerprint density at radius 2 is 1.88 bits per heavy atom. The van der Waals surface area contributed by atoms with Crippen LogP contribution in [0.4, 0.5) is 0 Å². The van der Waals surface area contributed by atoms with Gasteiger partial charge in [0.2, 0.25) is 0 Å². The van der Waals surface area contributed by atoms with Crippen LogP contribution in [0.3, 0.4) is 0 Å². The average molecular weight is 156 g/mol. The van der Waals surface area contributed by atoms with Gasteiger partial charge in [-0.1, -0.05) is 0 Å². The third-order valence-corrected chi connectivity index (χ3v) is 1.31. The van der Waals surface area contributed by atoms with Crippen LogP contribution in [0.1, 0.15) is 19.3 Å². The van der Waals surface area contributed by atoms with E-state index in [1.807, 2.05) is 0 Å². The van der Waals surface area contributed by atoms with Crippen LogP contribution in [0.15, 0.2) is 0 Å². The van der Waals surface area contributed by atoms with Crippen LogP contribution >= 0.6 is 23.2 Å². The van der Waals surface area contributed by atoms with Crippen molar-refractivity contribution in [3.8, 4) is 0 Å². The molecule has 0 saturated carbocycles. The molecule has 0 saturated heterocycles. The summed E-state index contributed by atoms with van der Waals surface area (Å²) in [6.45, 7) is 0.737. The van der Waals surface area contributed by atoms with Crippen molar-refractivity contribution in [1.29, 1.82) is 0 Å². The van der Waals surface area contributed by atoms with E-state index in [4.69, 9.17) is 28.9 Å². The molecule has 1 nitrogen and oxygen atoms in total.